The van der Waals surface area contributed by atoms with E-state index in [0.717, 1.165) is 23.4 Å². The molecule has 0 spiro atoms. The van der Waals surface area contributed by atoms with Gasteiger partial charge in [-0.25, -0.2) is 4.98 Å². The highest BCUT2D eigenvalue weighted by Gasteiger charge is 2.15. The molecular formula is C13H17N3OS. The molecule has 3 N–H and O–H groups in total. The van der Waals surface area contributed by atoms with Gasteiger partial charge in [-0.3, -0.25) is 11.3 Å². The van der Waals surface area contributed by atoms with Crippen LogP contribution in [0.5, 0.6) is 5.75 Å². The summed E-state index contributed by atoms with van der Waals surface area (Å²) in [4.78, 5) is 4.30. The number of hydrogen-bond acceptors (Lipinski definition) is 5. The topological polar surface area (TPSA) is 60.2 Å². The normalized spacial score (nSPS) is 12.4. The lowest BCUT2D eigenvalue weighted by molar-refractivity contribution is 0.405. The molecule has 1 unspecified atom stereocenters. The van der Waals surface area contributed by atoms with E-state index < -0.39 is 0 Å². The number of hydrogen-bond donors (Lipinski definition) is 2. The van der Waals surface area contributed by atoms with Gasteiger partial charge < -0.3 is 4.74 Å². The molecular weight excluding hydrogens is 246 g/mol. The van der Waals surface area contributed by atoms with E-state index in [0.29, 0.717) is 0 Å². The zero-order valence-electron chi connectivity index (χ0n) is 10.5. The highest BCUT2D eigenvalue weighted by molar-refractivity contribution is 7.07. The van der Waals surface area contributed by atoms with Crippen LogP contribution < -0.4 is 16.0 Å². The van der Waals surface area contributed by atoms with Crippen LogP contribution in [0.15, 0.2) is 29.1 Å². The first-order valence-electron chi connectivity index (χ1n) is 5.72. The Balaban J connectivity index is 2.24. The van der Waals surface area contributed by atoms with Crippen LogP contribution in [0.1, 0.15) is 22.9 Å². The Morgan fingerprint density at radius 2 is 2.33 bits per heavy atom. The Labute approximate surface area is 111 Å². The molecule has 0 amide bonds. The molecule has 96 valence electrons. The molecule has 2 rings (SSSR count). The van der Waals surface area contributed by atoms with Gasteiger partial charge in [0, 0.05) is 5.38 Å². The third-order valence-corrected chi connectivity index (χ3v) is 3.47. The summed E-state index contributed by atoms with van der Waals surface area (Å²) in [5, 5.41) is 2.01. The first-order valence-corrected chi connectivity index (χ1v) is 6.66. The van der Waals surface area contributed by atoms with Crippen LogP contribution in [0.2, 0.25) is 0 Å². The smallest absolute Gasteiger partial charge is 0.122 e. The number of nitrogens with two attached hydrogens (primary N) is 1. The van der Waals surface area contributed by atoms with Crippen LogP contribution in [-0.4, -0.2) is 12.1 Å². The molecule has 2 aromatic rings. The number of methoxy groups -OCH3 is 1. The molecule has 4 nitrogen and oxygen atoms in total. The van der Waals surface area contributed by atoms with Crippen LogP contribution in [-0.2, 0) is 6.42 Å². The summed E-state index contributed by atoms with van der Waals surface area (Å²) in [6.45, 7) is 2.07. The number of aromatic nitrogens is 1. The SMILES string of the molecule is COc1ccc(C)cc1CC(NN)c1cscn1. The molecule has 5 heteroatoms. The van der Waals surface area contributed by atoms with Crippen molar-refractivity contribution in [1.82, 2.24) is 10.4 Å². The molecule has 18 heavy (non-hydrogen) atoms. The van der Waals surface area contributed by atoms with E-state index in [1.54, 1.807) is 18.4 Å². The lowest BCUT2D eigenvalue weighted by atomic mass is 10.0. The number of nitrogens with one attached hydrogen (secondary N) is 1. The lowest BCUT2D eigenvalue weighted by Gasteiger charge is -2.16. The van der Waals surface area contributed by atoms with E-state index in [1.165, 1.54) is 5.56 Å². The van der Waals surface area contributed by atoms with E-state index >= 15 is 0 Å². The predicted octanol–water partition coefficient (Wildman–Crippen LogP) is 2.21. The van der Waals surface area contributed by atoms with Crippen molar-refractivity contribution in [3.8, 4) is 5.75 Å². The number of rotatable bonds is 5. The molecule has 0 saturated heterocycles. The summed E-state index contributed by atoms with van der Waals surface area (Å²) >= 11 is 1.57. The number of aryl methyl sites for hydroxylation is 1. The Kier molecular flexibility index (Phi) is 4.30. The van der Waals surface area contributed by atoms with Crippen molar-refractivity contribution < 1.29 is 4.74 Å². The maximum Gasteiger partial charge on any atom is 0.122 e. The molecule has 0 saturated carbocycles. The van der Waals surface area contributed by atoms with Gasteiger partial charge in [-0.15, -0.1) is 11.3 Å². The second-order valence-corrected chi connectivity index (χ2v) is 4.87. The second kappa shape index (κ2) is 5.95. The fraction of sp³-hybridized carbons (Fsp3) is 0.308. The van der Waals surface area contributed by atoms with Crippen LogP contribution >= 0.6 is 11.3 Å². The van der Waals surface area contributed by atoms with Crippen molar-refractivity contribution >= 4 is 11.3 Å². The van der Waals surface area contributed by atoms with Gasteiger partial charge in [0.05, 0.1) is 24.4 Å². The highest BCUT2D eigenvalue weighted by Crippen LogP contribution is 2.25. The molecule has 0 fully saturated rings. The Morgan fingerprint density at radius 3 is 2.94 bits per heavy atom. The number of ether oxygens (including phenoxy) is 1. The number of nitrogens with zero attached hydrogens (tertiary/aromatic N) is 1. The molecule has 1 atom stereocenters. The standard InChI is InChI=1S/C13H17N3OS/c1-9-3-4-13(17-2)10(5-9)6-11(16-14)12-7-18-8-15-12/h3-5,7-8,11,16H,6,14H2,1-2H3. The van der Waals surface area contributed by atoms with Gasteiger partial charge in [-0.1, -0.05) is 17.7 Å². The summed E-state index contributed by atoms with van der Waals surface area (Å²) < 4.78 is 5.38. The highest BCUT2D eigenvalue weighted by atomic mass is 32.1. The Hall–Kier alpha value is -1.43. The molecule has 1 aromatic heterocycles. The van der Waals surface area contributed by atoms with E-state index in [2.05, 4.69) is 23.4 Å². The summed E-state index contributed by atoms with van der Waals surface area (Å²) in [5.41, 5.74) is 7.93. The largest absolute Gasteiger partial charge is 0.496 e. The molecule has 0 radical (unpaired) electrons. The predicted molar refractivity (Wildman–Crippen MR) is 73.6 cm³/mol. The zero-order chi connectivity index (χ0) is 13.0. The van der Waals surface area contributed by atoms with Crippen molar-refractivity contribution in [3.05, 3.63) is 45.9 Å². The van der Waals surface area contributed by atoms with Crippen molar-refractivity contribution in [2.45, 2.75) is 19.4 Å². The van der Waals surface area contributed by atoms with E-state index in [-0.39, 0.29) is 6.04 Å². The lowest BCUT2D eigenvalue weighted by Crippen LogP contribution is -2.29. The van der Waals surface area contributed by atoms with Gasteiger partial charge in [0.1, 0.15) is 5.75 Å². The zero-order valence-corrected chi connectivity index (χ0v) is 11.3. The average Bonchev–Trinajstić information content (AvgIpc) is 2.90. The minimum atomic E-state index is 0.00644. The number of benzene rings is 1. The maximum absolute atomic E-state index is 5.62. The van der Waals surface area contributed by atoms with Gasteiger partial charge in [0.25, 0.3) is 0 Å². The summed E-state index contributed by atoms with van der Waals surface area (Å²) in [6, 6.07) is 6.15. The first-order chi connectivity index (χ1) is 8.74. The molecule has 0 aliphatic carbocycles. The molecule has 0 aliphatic rings. The van der Waals surface area contributed by atoms with Crippen LogP contribution in [0.25, 0.3) is 0 Å². The van der Waals surface area contributed by atoms with Crippen LogP contribution in [0.4, 0.5) is 0 Å². The third kappa shape index (κ3) is 2.87. The Morgan fingerprint density at radius 1 is 1.50 bits per heavy atom. The monoisotopic (exact) mass is 263 g/mol. The Bertz CT molecular complexity index is 499. The molecule has 1 heterocycles. The molecule has 0 bridgehead atoms. The average molecular weight is 263 g/mol. The van der Waals surface area contributed by atoms with E-state index in [4.69, 9.17) is 10.6 Å². The summed E-state index contributed by atoms with van der Waals surface area (Å²) in [7, 11) is 1.68. The minimum absolute atomic E-state index is 0.00644. The van der Waals surface area contributed by atoms with Gasteiger partial charge in [0.15, 0.2) is 0 Å². The first kappa shape index (κ1) is 13.0. The van der Waals surface area contributed by atoms with Gasteiger partial charge in [-0.05, 0) is 25.0 Å². The quantitative estimate of drug-likeness (QED) is 0.641. The van der Waals surface area contributed by atoms with Gasteiger partial charge in [-0.2, -0.15) is 0 Å². The third-order valence-electron chi connectivity index (χ3n) is 2.87. The summed E-state index contributed by atoms with van der Waals surface area (Å²) in [5.74, 6) is 6.50. The van der Waals surface area contributed by atoms with E-state index in [1.807, 2.05) is 23.0 Å². The fourth-order valence-corrected chi connectivity index (χ4v) is 2.54. The minimum Gasteiger partial charge on any atom is -0.496 e. The number of hydrazine groups is 1. The van der Waals surface area contributed by atoms with Crippen molar-refractivity contribution in [1.29, 1.82) is 0 Å². The van der Waals surface area contributed by atoms with Crippen LogP contribution in [0, 0.1) is 6.92 Å². The van der Waals surface area contributed by atoms with Crippen molar-refractivity contribution in [2.24, 2.45) is 5.84 Å². The van der Waals surface area contributed by atoms with Crippen LogP contribution in [0.3, 0.4) is 0 Å². The molecule has 1 aromatic carbocycles. The number of thiazole rings is 1. The van der Waals surface area contributed by atoms with Crippen molar-refractivity contribution in [2.75, 3.05) is 7.11 Å². The maximum atomic E-state index is 5.62. The molecule has 0 aliphatic heterocycles. The second-order valence-electron chi connectivity index (χ2n) is 4.15. The van der Waals surface area contributed by atoms with Gasteiger partial charge >= 0.3 is 0 Å². The fourth-order valence-electron chi connectivity index (χ4n) is 1.93. The van der Waals surface area contributed by atoms with Crippen molar-refractivity contribution in [3.63, 3.8) is 0 Å². The van der Waals surface area contributed by atoms with Gasteiger partial charge in [0.2, 0.25) is 0 Å². The summed E-state index contributed by atoms with van der Waals surface area (Å²) in [6.07, 6.45) is 0.755. The van der Waals surface area contributed by atoms with E-state index in [9.17, 15) is 0 Å².